The zero-order chi connectivity index (χ0) is 24.8. The number of aromatic nitrogens is 3. The van der Waals surface area contributed by atoms with Gasteiger partial charge in [0, 0.05) is 15.8 Å². The summed E-state index contributed by atoms with van der Waals surface area (Å²) < 4.78 is 14.2. The molecule has 1 atom stereocenters. The molecule has 1 unspecified atom stereocenters. The van der Waals surface area contributed by atoms with Gasteiger partial charge in [0.1, 0.15) is 11.5 Å². The lowest BCUT2D eigenvalue weighted by Crippen LogP contribution is -2.16. The number of halogens is 1. The Morgan fingerprint density at radius 1 is 1.06 bits per heavy atom. The van der Waals surface area contributed by atoms with E-state index in [1.54, 1.807) is 7.11 Å². The number of hydrogen-bond acceptors (Lipinski definition) is 6. The molecule has 1 N–H and O–H groups in total. The number of hydrogen-bond donors (Lipinski definition) is 1. The van der Waals surface area contributed by atoms with Crippen LogP contribution in [0.4, 0.5) is 5.69 Å². The molecular weight excluding hydrogens is 528 g/mol. The molecule has 1 aromatic heterocycles. The summed E-state index contributed by atoms with van der Waals surface area (Å²) in [6.07, 6.45) is -0.385. The Morgan fingerprint density at radius 2 is 1.77 bits per heavy atom. The van der Waals surface area contributed by atoms with Crippen LogP contribution in [0.1, 0.15) is 24.4 Å². The van der Waals surface area contributed by atoms with Crippen LogP contribution in [0, 0.1) is 6.92 Å². The van der Waals surface area contributed by atoms with Crippen molar-refractivity contribution in [2.75, 3.05) is 18.2 Å². The summed E-state index contributed by atoms with van der Waals surface area (Å²) in [6.45, 7) is 3.88. The molecule has 0 radical (unpaired) electrons. The predicted molar refractivity (Wildman–Crippen MR) is 142 cm³/mol. The van der Waals surface area contributed by atoms with Crippen LogP contribution in [0.25, 0.3) is 5.69 Å². The van der Waals surface area contributed by atoms with Gasteiger partial charge in [0.25, 0.3) is 0 Å². The zero-order valence-electron chi connectivity index (χ0n) is 19.6. The molecule has 1 amide bonds. The average molecular weight is 553 g/mol. The van der Waals surface area contributed by atoms with Crippen molar-refractivity contribution in [1.29, 1.82) is 0 Å². The fraction of sp³-hybridized carbons (Fsp3) is 0.192. The zero-order valence-corrected chi connectivity index (χ0v) is 22.0. The minimum Gasteiger partial charge on any atom is -0.497 e. The van der Waals surface area contributed by atoms with Gasteiger partial charge in [0.2, 0.25) is 5.91 Å². The molecule has 180 valence electrons. The van der Waals surface area contributed by atoms with E-state index >= 15 is 0 Å². The third kappa shape index (κ3) is 6.23. The molecule has 0 aliphatic rings. The smallest absolute Gasteiger partial charge is 0.234 e. The van der Waals surface area contributed by atoms with Gasteiger partial charge < -0.3 is 14.8 Å². The molecule has 0 spiro atoms. The number of rotatable bonds is 9. The Kier molecular flexibility index (Phi) is 8.09. The van der Waals surface area contributed by atoms with Gasteiger partial charge in [0.05, 0.1) is 12.9 Å². The number of nitrogens with one attached hydrogen (secondary N) is 1. The number of benzene rings is 3. The van der Waals surface area contributed by atoms with E-state index in [1.807, 2.05) is 91.2 Å². The van der Waals surface area contributed by atoms with Crippen LogP contribution in [0.2, 0.25) is 0 Å². The first-order valence-corrected chi connectivity index (χ1v) is 12.7. The van der Waals surface area contributed by atoms with E-state index in [0.717, 1.165) is 27.2 Å². The molecule has 3 aromatic carbocycles. The van der Waals surface area contributed by atoms with Crippen LogP contribution in [0.3, 0.4) is 0 Å². The molecule has 0 saturated carbocycles. The number of aryl methyl sites for hydroxylation is 1. The normalized spacial score (nSPS) is 11.7. The summed E-state index contributed by atoms with van der Waals surface area (Å²) >= 11 is 4.77. The van der Waals surface area contributed by atoms with Crippen LogP contribution in [0.15, 0.2) is 82.4 Å². The molecule has 4 rings (SSSR count). The van der Waals surface area contributed by atoms with Crippen molar-refractivity contribution >= 4 is 39.3 Å². The van der Waals surface area contributed by atoms with Crippen molar-refractivity contribution in [3.63, 3.8) is 0 Å². The van der Waals surface area contributed by atoms with Crippen LogP contribution in [0.5, 0.6) is 11.5 Å². The standard InChI is InChI=1S/C26H25BrN4O3S/c1-17-15-19(27)9-14-23(17)28-24(32)16-35-26-30-29-25(31(26)20-7-5-4-6-8-20)18(2)34-22-12-10-21(33-3)11-13-22/h4-15,18H,16H2,1-3H3,(H,28,32). The number of thioether (sulfide) groups is 1. The van der Waals surface area contributed by atoms with E-state index in [9.17, 15) is 4.79 Å². The minimum atomic E-state index is -0.385. The number of amides is 1. The quantitative estimate of drug-likeness (QED) is 0.248. The van der Waals surface area contributed by atoms with Crippen molar-refractivity contribution in [3.05, 3.63) is 88.7 Å². The van der Waals surface area contributed by atoms with E-state index < -0.39 is 0 Å². The van der Waals surface area contributed by atoms with Crippen molar-refractivity contribution in [2.24, 2.45) is 0 Å². The monoisotopic (exact) mass is 552 g/mol. The summed E-state index contributed by atoms with van der Waals surface area (Å²) in [5, 5.41) is 12.4. The minimum absolute atomic E-state index is 0.118. The molecule has 7 nitrogen and oxygen atoms in total. The third-order valence-corrected chi connectivity index (χ3v) is 6.63. The maximum atomic E-state index is 12.7. The van der Waals surface area contributed by atoms with Gasteiger partial charge in [0.15, 0.2) is 17.1 Å². The molecule has 0 aliphatic heterocycles. The third-order valence-electron chi connectivity index (χ3n) is 5.20. The lowest BCUT2D eigenvalue weighted by Gasteiger charge is -2.17. The summed E-state index contributed by atoms with van der Waals surface area (Å²) in [6, 6.07) is 22.9. The number of ether oxygens (including phenoxy) is 2. The molecule has 35 heavy (non-hydrogen) atoms. The first kappa shape index (κ1) is 24.8. The Morgan fingerprint density at radius 3 is 2.46 bits per heavy atom. The molecule has 0 bridgehead atoms. The lowest BCUT2D eigenvalue weighted by molar-refractivity contribution is -0.113. The lowest BCUT2D eigenvalue weighted by atomic mass is 10.2. The predicted octanol–water partition coefficient (Wildman–Crippen LogP) is 6.22. The first-order chi connectivity index (χ1) is 16.9. The highest BCUT2D eigenvalue weighted by molar-refractivity contribution is 9.10. The van der Waals surface area contributed by atoms with Gasteiger partial charge in [-0.2, -0.15) is 0 Å². The van der Waals surface area contributed by atoms with Gasteiger partial charge in [-0.3, -0.25) is 9.36 Å². The number of para-hydroxylation sites is 1. The summed E-state index contributed by atoms with van der Waals surface area (Å²) in [7, 11) is 1.63. The Balaban J connectivity index is 1.52. The van der Waals surface area contributed by atoms with E-state index in [2.05, 4.69) is 31.4 Å². The molecule has 4 aromatic rings. The molecule has 0 aliphatic carbocycles. The fourth-order valence-corrected chi connectivity index (χ4v) is 4.69. The highest BCUT2D eigenvalue weighted by Gasteiger charge is 2.22. The molecule has 0 saturated heterocycles. The number of carbonyl (C=O) groups is 1. The summed E-state index contributed by atoms with van der Waals surface area (Å²) in [5.41, 5.74) is 2.66. The van der Waals surface area contributed by atoms with E-state index in [0.29, 0.717) is 16.7 Å². The highest BCUT2D eigenvalue weighted by Crippen LogP contribution is 2.29. The molecule has 1 heterocycles. The average Bonchev–Trinajstić information content (AvgIpc) is 3.30. The summed E-state index contributed by atoms with van der Waals surface area (Å²) in [4.78, 5) is 12.7. The van der Waals surface area contributed by atoms with Crippen LogP contribution in [-0.4, -0.2) is 33.5 Å². The maximum Gasteiger partial charge on any atom is 0.234 e. The Hall–Kier alpha value is -3.30. The second-order valence-corrected chi connectivity index (χ2v) is 9.60. The maximum absolute atomic E-state index is 12.7. The molecule has 0 fully saturated rings. The second-order valence-electron chi connectivity index (χ2n) is 7.74. The fourth-order valence-electron chi connectivity index (χ4n) is 3.45. The molecule has 9 heteroatoms. The van der Waals surface area contributed by atoms with E-state index in [1.165, 1.54) is 11.8 Å². The Bertz CT molecular complexity index is 1300. The largest absolute Gasteiger partial charge is 0.497 e. The van der Waals surface area contributed by atoms with E-state index in [-0.39, 0.29) is 17.8 Å². The van der Waals surface area contributed by atoms with Gasteiger partial charge in [-0.05, 0) is 74.0 Å². The van der Waals surface area contributed by atoms with Crippen molar-refractivity contribution in [1.82, 2.24) is 14.8 Å². The summed E-state index contributed by atoms with van der Waals surface area (Å²) in [5.74, 6) is 2.16. The van der Waals surface area contributed by atoms with Crippen LogP contribution < -0.4 is 14.8 Å². The molecular formula is C26H25BrN4O3S. The number of methoxy groups -OCH3 is 1. The number of carbonyl (C=O) groups excluding carboxylic acids is 1. The van der Waals surface area contributed by atoms with Crippen molar-refractivity contribution in [3.8, 4) is 17.2 Å². The number of nitrogens with zero attached hydrogens (tertiary/aromatic N) is 3. The van der Waals surface area contributed by atoms with Crippen molar-refractivity contribution < 1.29 is 14.3 Å². The van der Waals surface area contributed by atoms with Crippen LogP contribution >= 0.6 is 27.7 Å². The first-order valence-electron chi connectivity index (χ1n) is 10.9. The van der Waals surface area contributed by atoms with Crippen LogP contribution in [-0.2, 0) is 4.79 Å². The topological polar surface area (TPSA) is 78.3 Å². The Labute approximate surface area is 217 Å². The highest BCUT2D eigenvalue weighted by atomic mass is 79.9. The van der Waals surface area contributed by atoms with Gasteiger partial charge in [-0.1, -0.05) is 45.9 Å². The second kappa shape index (κ2) is 11.4. The number of anilines is 1. The van der Waals surface area contributed by atoms with Gasteiger partial charge >= 0.3 is 0 Å². The van der Waals surface area contributed by atoms with Gasteiger partial charge in [-0.15, -0.1) is 10.2 Å². The van der Waals surface area contributed by atoms with Crippen molar-refractivity contribution in [2.45, 2.75) is 25.1 Å². The van der Waals surface area contributed by atoms with E-state index in [4.69, 9.17) is 9.47 Å². The SMILES string of the molecule is COc1ccc(OC(C)c2nnc(SCC(=O)Nc3ccc(Br)cc3C)n2-c2ccccc2)cc1. The van der Waals surface area contributed by atoms with Gasteiger partial charge in [-0.25, -0.2) is 0 Å².